The number of H-pyrrole nitrogens is 1. The van der Waals surface area contributed by atoms with Crippen molar-refractivity contribution in [3.63, 3.8) is 0 Å². The topological polar surface area (TPSA) is 59.4 Å². The lowest BCUT2D eigenvalue weighted by Gasteiger charge is -2.02. The summed E-state index contributed by atoms with van der Waals surface area (Å²) in [7, 11) is 1.59. The van der Waals surface area contributed by atoms with Crippen LogP contribution in [0.3, 0.4) is 0 Å². The van der Waals surface area contributed by atoms with Crippen LogP contribution in [0.5, 0.6) is 5.75 Å². The van der Waals surface area contributed by atoms with E-state index in [2.05, 4.69) is 9.97 Å². The molecule has 1 N–H and O–H groups in total. The normalized spacial score (nSPS) is 11.4. The summed E-state index contributed by atoms with van der Waals surface area (Å²) in [6.45, 7) is 0. The van der Waals surface area contributed by atoms with Gasteiger partial charge in [-0.1, -0.05) is 12.1 Å². The first-order chi connectivity index (χ1) is 9.78. The third-order valence-electron chi connectivity index (χ3n) is 3.47. The van der Waals surface area contributed by atoms with Gasteiger partial charge in [-0.05, 0) is 24.3 Å². The van der Waals surface area contributed by atoms with E-state index in [0.29, 0.717) is 22.4 Å². The molecule has 98 valence electrons. The van der Waals surface area contributed by atoms with Gasteiger partial charge in [0.1, 0.15) is 5.75 Å². The van der Waals surface area contributed by atoms with Crippen LogP contribution in [-0.2, 0) is 0 Å². The van der Waals surface area contributed by atoms with E-state index in [1.54, 1.807) is 29.7 Å². The van der Waals surface area contributed by atoms with Crippen molar-refractivity contribution >= 4 is 27.7 Å². The van der Waals surface area contributed by atoms with Gasteiger partial charge in [-0.25, -0.2) is 9.38 Å². The van der Waals surface area contributed by atoms with Crippen LogP contribution in [0.2, 0.25) is 0 Å². The fraction of sp³-hybridized carbons (Fsp3) is 0.0667. The third-order valence-corrected chi connectivity index (χ3v) is 3.47. The highest BCUT2D eigenvalue weighted by Crippen LogP contribution is 2.19. The SMILES string of the molecule is COc1ccc2c(=O)n3c(nc2c1)[nH]c1ccccc13. The molecule has 2 aromatic carbocycles. The Hall–Kier alpha value is -2.82. The van der Waals surface area contributed by atoms with Gasteiger partial charge in [-0.15, -0.1) is 0 Å². The molecule has 0 fully saturated rings. The zero-order chi connectivity index (χ0) is 13.7. The van der Waals surface area contributed by atoms with Crippen LogP contribution in [0.4, 0.5) is 0 Å². The molecule has 20 heavy (non-hydrogen) atoms. The summed E-state index contributed by atoms with van der Waals surface area (Å²) in [5.74, 6) is 1.22. The molecule has 0 unspecified atom stereocenters. The number of benzene rings is 2. The van der Waals surface area contributed by atoms with Crippen molar-refractivity contribution in [1.29, 1.82) is 0 Å². The molecule has 0 atom stereocenters. The number of imidazole rings is 1. The monoisotopic (exact) mass is 265 g/mol. The van der Waals surface area contributed by atoms with Crippen LogP contribution in [-0.4, -0.2) is 21.5 Å². The van der Waals surface area contributed by atoms with Crippen molar-refractivity contribution in [2.45, 2.75) is 0 Å². The number of aromatic nitrogens is 3. The number of hydrogen-bond donors (Lipinski definition) is 1. The molecule has 0 radical (unpaired) electrons. The van der Waals surface area contributed by atoms with Gasteiger partial charge in [-0.2, -0.15) is 0 Å². The number of fused-ring (bicyclic) bond motifs is 4. The maximum absolute atomic E-state index is 12.6. The number of rotatable bonds is 1. The van der Waals surface area contributed by atoms with E-state index < -0.39 is 0 Å². The van der Waals surface area contributed by atoms with Crippen molar-refractivity contribution in [3.05, 3.63) is 52.8 Å². The zero-order valence-corrected chi connectivity index (χ0v) is 10.8. The Morgan fingerprint density at radius 3 is 2.90 bits per heavy atom. The highest BCUT2D eigenvalue weighted by atomic mass is 16.5. The predicted octanol–water partition coefficient (Wildman–Crippen LogP) is 2.34. The first-order valence-corrected chi connectivity index (χ1v) is 6.25. The van der Waals surface area contributed by atoms with E-state index in [9.17, 15) is 4.79 Å². The smallest absolute Gasteiger partial charge is 0.267 e. The molecule has 0 aliphatic rings. The molecule has 2 aromatic heterocycles. The Labute approximate surface area is 113 Å². The highest BCUT2D eigenvalue weighted by Gasteiger charge is 2.10. The fourth-order valence-electron chi connectivity index (χ4n) is 2.49. The molecular formula is C15H11N3O2. The van der Waals surface area contributed by atoms with Gasteiger partial charge in [-0.3, -0.25) is 4.79 Å². The Morgan fingerprint density at radius 2 is 2.05 bits per heavy atom. The molecule has 5 nitrogen and oxygen atoms in total. The molecule has 5 heteroatoms. The van der Waals surface area contributed by atoms with Crippen molar-refractivity contribution in [2.24, 2.45) is 0 Å². The van der Waals surface area contributed by atoms with Gasteiger partial charge >= 0.3 is 0 Å². The van der Waals surface area contributed by atoms with Crippen LogP contribution in [0.1, 0.15) is 0 Å². The Morgan fingerprint density at radius 1 is 1.20 bits per heavy atom. The minimum absolute atomic E-state index is 0.0786. The summed E-state index contributed by atoms with van der Waals surface area (Å²) in [5, 5.41) is 0.577. The van der Waals surface area contributed by atoms with Crippen LogP contribution in [0, 0.1) is 0 Å². The molecule has 0 aliphatic heterocycles. The number of aromatic amines is 1. The summed E-state index contributed by atoms with van der Waals surface area (Å²) in [6, 6.07) is 12.9. The first-order valence-electron chi connectivity index (χ1n) is 6.25. The minimum atomic E-state index is -0.0786. The van der Waals surface area contributed by atoms with Gasteiger partial charge in [0.05, 0.1) is 29.0 Å². The van der Waals surface area contributed by atoms with E-state index >= 15 is 0 Å². The maximum Gasteiger partial charge on any atom is 0.267 e. The van der Waals surface area contributed by atoms with E-state index in [1.165, 1.54) is 0 Å². The van der Waals surface area contributed by atoms with Crippen molar-refractivity contribution < 1.29 is 4.74 Å². The van der Waals surface area contributed by atoms with Crippen molar-refractivity contribution in [2.75, 3.05) is 7.11 Å². The van der Waals surface area contributed by atoms with E-state index in [4.69, 9.17) is 4.74 Å². The highest BCUT2D eigenvalue weighted by molar-refractivity contribution is 5.85. The van der Waals surface area contributed by atoms with E-state index in [1.807, 2.05) is 24.3 Å². The lowest BCUT2D eigenvalue weighted by Crippen LogP contribution is -2.13. The molecular weight excluding hydrogens is 254 g/mol. The van der Waals surface area contributed by atoms with Crippen LogP contribution < -0.4 is 10.3 Å². The van der Waals surface area contributed by atoms with Gasteiger partial charge in [0.25, 0.3) is 5.56 Å². The summed E-state index contributed by atoms with van der Waals surface area (Å²) in [4.78, 5) is 20.3. The summed E-state index contributed by atoms with van der Waals surface area (Å²) in [6.07, 6.45) is 0. The number of hydrogen-bond acceptors (Lipinski definition) is 3. The van der Waals surface area contributed by atoms with E-state index in [-0.39, 0.29) is 5.56 Å². The minimum Gasteiger partial charge on any atom is -0.497 e. The molecule has 0 spiro atoms. The van der Waals surface area contributed by atoms with Gasteiger partial charge in [0, 0.05) is 6.07 Å². The standard InChI is InChI=1S/C15H11N3O2/c1-20-9-6-7-10-12(8-9)17-15-16-11-4-2-3-5-13(11)18(15)14(10)19/h2-8H,1H3,(H,16,17). The second kappa shape index (κ2) is 3.84. The Balaban J connectivity index is 2.25. The largest absolute Gasteiger partial charge is 0.497 e. The predicted molar refractivity (Wildman–Crippen MR) is 77.4 cm³/mol. The number of para-hydroxylation sites is 2. The molecule has 0 bridgehead atoms. The quantitative estimate of drug-likeness (QED) is 0.574. The number of nitrogens with one attached hydrogen (secondary N) is 1. The zero-order valence-electron chi connectivity index (χ0n) is 10.8. The number of methoxy groups -OCH3 is 1. The fourth-order valence-corrected chi connectivity index (χ4v) is 2.49. The number of nitrogens with zero attached hydrogens (tertiary/aromatic N) is 2. The maximum atomic E-state index is 12.6. The second-order valence-electron chi connectivity index (χ2n) is 4.60. The number of ether oxygens (including phenoxy) is 1. The van der Waals surface area contributed by atoms with Crippen LogP contribution in [0.15, 0.2) is 47.3 Å². The van der Waals surface area contributed by atoms with Crippen LogP contribution in [0.25, 0.3) is 27.7 Å². The molecule has 4 aromatic rings. The molecule has 4 rings (SSSR count). The molecule has 0 saturated carbocycles. The molecule has 0 amide bonds. The average Bonchev–Trinajstić information content (AvgIpc) is 2.85. The van der Waals surface area contributed by atoms with Gasteiger partial charge < -0.3 is 9.72 Å². The summed E-state index contributed by atoms with van der Waals surface area (Å²) >= 11 is 0. The van der Waals surface area contributed by atoms with Crippen molar-refractivity contribution in [3.8, 4) is 5.75 Å². The summed E-state index contributed by atoms with van der Waals surface area (Å²) in [5.41, 5.74) is 2.27. The molecule has 0 saturated heterocycles. The van der Waals surface area contributed by atoms with Crippen molar-refractivity contribution in [1.82, 2.24) is 14.4 Å². The first kappa shape index (κ1) is 11.0. The average molecular weight is 265 g/mol. The van der Waals surface area contributed by atoms with Gasteiger partial charge in [0.15, 0.2) is 0 Å². The lowest BCUT2D eigenvalue weighted by molar-refractivity contribution is 0.415. The molecule has 2 heterocycles. The Kier molecular flexibility index (Phi) is 2.12. The molecule has 0 aliphatic carbocycles. The van der Waals surface area contributed by atoms with Crippen LogP contribution >= 0.6 is 0 Å². The Bertz CT molecular complexity index is 1010. The van der Waals surface area contributed by atoms with E-state index in [0.717, 1.165) is 11.0 Å². The third kappa shape index (κ3) is 1.37. The lowest BCUT2D eigenvalue weighted by atomic mass is 10.2. The summed E-state index contributed by atoms with van der Waals surface area (Å²) < 4.78 is 6.78. The van der Waals surface area contributed by atoms with Gasteiger partial charge in [0.2, 0.25) is 5.78 Å². The second-order valence-corrected chi connectivity index (χ2v) is 4.60.